The van der Waals surface area contributed by atoms with Crippen molar-refractivity contribution in [3.8, 4) is 0 Å². The van der Waals surface area contributed by atoms with Crippen molar-refractivity contribution in [2.75, 3.05) is 39.3 Å². The topological polar surface area (TPSA) is 78.7 Å². The van der Waals surface area contributed by atoms with E-state index in [1.54, 1.807) is 0 Å². The van der Waals surface area contributed by atoms with Crippen LogP contribution in [0.5, 0.6) is 0 Å². The van der Waals surface area contributed by atoms with Gasteiger partial charge in [0.25, 0.3) is 0 Å². The van der Waals surface area contributed by atoms with E-state index < -0.39 is 0 Å². The number of rotatable bonds is 5. The number of nitrogens with two attached hydrogens (primary N) is 1. The van der Waals surface area contributed by atoms with Crippen LogP contribution in [0.3, 0.4) is 0 Å². The van der Waals surface area contributed by atoms with Gasteiger partial charge in [-0.3, -0.25) is 14.5 Å². The highest BCUT2D eigenvalue weighted by Crippen LogP contribution is 2.13. The number of likely N-dealkylation sites (tertiary alicyclic amines) is 1. The largest absolute Gasteiger partial charge is 0.369 e. The summed E-state index contributed by atoms with van der Waals surface area (Å²) in [4.78, 5) is 26.9. The summed E-state index contributed by atoms with van der Waals surface area (Å²) in [6, 6.07) is 0.295. The maximum absolute atomic E-state index is 12.0. The fraction of sp³-hybridized carbons (Fsp3) is 0.833. The van der Waals surface area contributed by atoms with Crippen molar-refractivity contribution < 1.29 is 9.59 Å². The van der Waals surface area contributed by atoms with Crippen LogP contribution in [-0.4, -0.2) is 66.9 Å². The maximum Gasteiger partial charge on any atom is 0.236 e. The van der Waals surface area contributed by atoms with E-state index in [0.717, 1.165) is 45.4 Å². The molecule has 6 heteroatoms. The monoisotopic (exact) mass is 254 g/mol. The lowest BCUT2D eigenvalue weighted by molar-refractivity contribution is -0.137. The third-order valence-corrected chi connectivity index (χ3v) is 3.73. The molecule has 2 saturated heterocycles. The summed E-state index contributed by atoms with van der Waals surface area (Å²) in [7, 11) is 0. The first-order chi connectivity index (χ1) is 8.66. The van der Waals surface area contributed by atoms with Gasteiger partial charge in [-0.2, -0.15) is 0 Å². The number of hydrogen-bond donors (Lipinski definition) is 2. The molecule has 0 aromatic rings. The minimum atomic E-state index is -0.357. The van der Waals surface area contributed by atoms with Gasteiger partial charge in [-0.1, -0.05) is 0 Å². The molecule has 2 fully saturated rings. The van der Waals surface area contributed by atoms with E-state index in [1.165, 1.54) is 0 Å². The maximum atomic E-state index is 12.0. The first-order valence-electron chi connectivity index (χ1n) is 6.67. The Labute approximate surface area is 107 Å². The molecule has 6 nitrogen and oxygen atoms in total. The zero-order chi connectivity index (χ0) is 13.0. The van der Waals surface area contributed by atoms with Crippen molar-refractivity contribution in [3.63, 3.8) is 0 Å². The third-order valence-electron chi connectivity index (χ3n) is 3.73. The molecule has 0 aromatic carbocycles. The molecule has 3 N–H and O–H groups in total. The molecular weight excluding hydrogens is 232 g/mol. The number of carbonyl (C=O) groups is 2. The first-order valence-corrected chi connectivity index (χ1v) is 6.67. The molecule has 102 valence electrons. The van der Waals surface area contributed by atoms with Crippen molar-refractivity contribution >= 4 is 11.8 Å². The van der Waals surface area contributed by atoms with Gasteiger partial charge in [0, 0.05) is 19.1 Å². The van der Waals surface area contributed by atoms with Gasteiger partial charge in [0.05, 0.1) is 13.1 Å². The highest BCUT2D eigenvalue weighted by atomic mass is 16.2. The summed E-state index contributed by atoms with van der Waals surface area (Å²) < 4.78 is 0. The predicted octanol–water partition coefficient (Wildman–Crippen LogP) is -1.24. The summed E-state index contributed by atoms with van der Waals surface area (Å²) >= 11 is 0. The standard InChI is InChI=1S/C12H22N4O2/c13-11(17)8-16(10-2-4-14-5-3-10)9-12(18)15-6-1-7-15/h10,14H,1-9H2,(H2,13,17). The van der Waals surface area contributed by atoms with E-state index in [2.05, 4.69) is 5.32 Å². The van der Waals surface area contributed by atoms with Crippen LogP contribution in [0.25, 0.3) is 0 Å². The van der Waals surface area contributed by atoms with E-state index in [9.17, 15) is 9.59 Å². The van der Waals surface area contributed by atoms with Crippen LogP contribution in [-0.2, 0) is 9.59 Å². The van der Waals surface area contributed by atoms with Crippen molar-refractivity contribution in [2.24, 2.45) is 5.73 Å². The SMILES string of the molecule is NC(=O)CN(CC(=O)N1CCC1)C1CCNCC1. The Kier molecular flexibility index (Phi) is 4.54. The molecule has 0 saturated carbocycles. The van der Waals surface area contributed by atoms with Crippen LogP contribution in [0.4, 0.5) is 0 Å². The molecule has 0 radical (unpaired) electrons. The smallest absolute Gasteiger partial charge is 0.236 e. The Morgan fingerprint density at radius 3 is 2.39 bits per heavy atom. The van der Waals surface area contributed by atoms with Gasteiger partial charge >= 0.3 is 0 Å². The van der Waals surface area contributed by atoms with Crippen LogP contribution >= 0.6 is 0 Å². The van der Waals surface area contributed by atoms with Crippen LogP contribution in [0.15, 0.2) is 0 Å². The number of amides is 2. The first kappa shape index (κ1) is 13.3. The average Bonchev–Trinajstić information content (AvgIpc) is 2.26. The molecule has 0 aliphatic carbocycles. The van der Waals surface area contributed by atoms with Crippen LogP contribution < -0.4 is 11.1 Å². The zero-order valence-electron chi connectivity index (χ0n) is 10.7. The second kappa shape index (κ2) is 6.15. The normalized spacial score (nSPS) is 20.8. The number of primary amides is 1. The third kappa shape index (κ3) is 3.43. The quantitative estimate of drug-likeness (QED) is 0.643. The average molecular weight is 254 g/mol. The van der Waals surface area contributed by atoms with Gasteiger partial charge in [-0.15, -0.1) is 0 Å². The van der Waals surface area contributed by atoms with Crippen molar-refractivity contribution in [1.29, 1.82) is 0 Å². The molecule has 18 heavy (non-hydrogen) atoms. The van der Waals surface area contributed by atoms with E-state index in [4.69, 9.17) is 5.73 Å². The Bertz CT molecular complexity index is 311. The van der Waals surface area contributed by atoms with Gasteiger partial charge in [0.2, 0.25) is 11.8 Å². The van der Waals surface area contributed by atoms with E-state index in [-0.39, 0.29) is 18.4 Å². The van der Waals surface area contributed by atoms with E-state index in [1.807, 2.05) is 9.80 Å². The number of nitrogens with one attached hydrogen (secondary N) is 1. The Hall–Kier alpha value is -1.14. The second-order valence-electron chi connectivity index (χ2n) is 5.09. The summed E-state index contributed by atoms with van der Waals surface area (Å²) in [5, 5.41) is 3.28. The Morgan fingerprint density at radius 1 is 1.22 bits per heavy atom. The molecule has 0 aromatic heterocycles. The highest BCUT2D eigenvalue weighted by molar-refractivity contribution is 5.81. The molecular formula is C12H22N4O2. The number of hydrogen-bond acceptors (Lipinski definition) is 4. The van der Waals surface area contributed by atoms with Crippen molar-refractivity contribution in [2.45, 2.75) is 25.3 Å². The predicted molar refractivity (Wildman–Crippen MR) is 67.9 cm³/mol. The number of nitrogens with zero attached hydrogens (tertiary/aromatic N) is 2. The summed E-state index contributed by atoms with van der Waals surface area (Å²) in [6.07, 6.45) is 3.04. The molecule has 0 spiro atoms. The number of carbonyl (C=O) groups excluding carboxylic acids is 2. The molecule has 2 aliphatic heterocycles. The minimum absolute atomic E-state index is 0.126. The minimum Gasteiger partial charge on any atom is -0.369 e. The lowest BCUT2D eigenvalue weighted by Crippen LogP contribution is -2.52. The molecule has 0 atom stereocenters. The molecule has 2 aliphatic rings. The van der Waals surface area contributed by atoms with Gasteiger partial charge in [0.15, 0.2) is 0 Å². The van der Waals surface area contributed by atoms with Gasteiger partial charge in [0.1, 0.15) is 0 Å². The molecule has 2 heterocycles. The number of piperidine rings is 1. The lowest BCUT2D eigenvalue weighted by Gasteiger charge is -2.37. The zero-order valence-corrected chi connectivity index (χ0v) is 10.7. The van der Waals surface area contributed by atoms with E-state index >= 15 is 0 Å². The Morgan fingerprint density at radius 2 is 1.89 bits per heavy atom. The van der Waals surface area contributed by atoms with Crippen molar-refractivity contribution in [1.82, 2.24) is 15.1 Å². The van der Waals surface area contributed by atoms with Gasteiger partial charge in [-0.05, 0) is 32.4 Å². The van der Waals surface area contributed by atoms with Crippen molar-refractivity contribution in [3.05, 3.63) is 0 Å². The lowest BCUT2D eigenvalue weighted by atomic mass is 10.0. The van der Waals surface area contributed by atoms with Crippen LogP contribution in [0, 0.1) is 0 Å². The fourth-order valence-corrected chi connectivity index (χ4v) is 2.53. The van der Waals surface area contributed by atoms with Crippen LogP contribution in [0.2, 0.25) is 0 Å². The van der Waals surface area contributed by atoms with Gasteiger partial charge in [-0.25, -0.2) is 0 Å². The summed E-state index contributed by atoms with van der Waals surface area (Å²) in [6.45, 7) is 4.11. The summed E-state index contributed by atoms with van der Waals surface area (Å²) in [5.74, 6) is -0.231. The van der Waals surface area contributed by atoms with E-state index in [0.29, 0.717) is 12.6 Å². The molecule has 2 amide bonds. The molecule has 2 rings (SSSR count). The van der Waals surface area contributed by atoms with Gasteiger partial charge < -0.3 is 16.0 Å². The molecule has 0 bridgehead atoms. The Balaban J connectivity index is 1.90. The molecule has 0 unspecified atom stereocenters. The highest BCUT2D eigenvalue weighted by Gasteiger charge is 2.27. The summed E-state index contributed by atoms with van der Waals surface area (Å²) in [5.41, 5.74) is 5.28. The fourth-order valence-electron chi connectivity index (χ4n) is 2.53. The second-order valence-corrected chi connectivity index (χ2v) is 5.09. The van der Waals surface area contributed by atoms with Crippen LogP contribution in [0.1, 0.15) is 19.3 Å².